The first-order valence-electron chi connectivity index (χ1n) is 9.01. The summed E-state index contributed by atoms with van der Waals surface area (Å²) in [5.41, 5.74) is -0.177. The summed E-state index contributed by atoms with van der Waals surface area (Å²) in [6.45, 7) is 4.09. The maximum atomic E-state index is 12.3. The lowest BCUT2D eigenvalue weighted by Gasteiger charge is -2.29. The lowest BCUT2D eigenvalue weighted by atomic mass is 9.73. The molecule has 4 heterocycles. The molecule has 5 nitrogen and oxygen atoms in total. The van der Waals surface area contributed by atoms with Crippen LogP contribution >= 0.6 is 22.9 Å². The molecule has 7 heteroatoms. The zero-order chi connectivity index (χ0) is 17.6. The van der Waals surface area contributed by atoms with Gasteiger partial charge < -0.3 is 15.0 Å². The lowest BCUT2D eigenvalue weighted by Crippen LogP contribution is -2.41. The number of hydrogen-bond donors (Lipinski definition) is 1. The van der Waals surface area contributed by atoms with Crippen molar-refractivity contribution in [2.75, 3.05) is 19.6 Å². The number of ether oxygens (including phenoxy) is 1. The van der Waals surface area contributed by atoms with E-state index >= 15 is 0 Å². The molecular weight excluding hydrogens is 360 g/mol. The SMILES string of the molecule is CCCC(=O)N1C[C@@H]2[C@H](CNC(=O)c3sccc3Cl)[C@H]3CC[C@]2(C1)O3. The number of fused-ring (bicyclic) bond motifs is 1. The Morgan fingerprint density at radius 1 is 1.52 bits per heavy atom. The van der Waals surface area contributed by atoms with Crippen LogP contribution in [0.15, 0.2) is 11.4 Å². The predicted molar refractivity (Wildman–Crippen MR) is 97.0 cm³/mol. The smallest absolute Gasteiger partial charge is 0.262 e. The largest absolute Gasteiger partial charge is 0.369 e. The Balaban J connectivity index is 1.42. The number of nitrogens with zero attached hydrogens (tertiary/aromatic N) is 1. The number of hydrogen-bond acceptors (Lipinski definition) is 4. The molecule has 4 atom stereocenters. The molecule has 1 N–H and O–H groups in total. The van der Waals surface area contributed by atoms with Crippen molar-refractivity contribution in [3.63, 3.8) is 0 Å². The van der Waals surface area contributed by atoms with Crippen molar-refractivity contribution in [1.29, 1.82) is 0 Å². The van der Waals surface area contributed by atoms with E-state index in [9.17, 15) is 9.59 Å². The van der Waals surface area contributed by atoms with Gasteiger partial charge in [0.25, 0.3) is 5.91 Å². The highest BCUT2D eigenvalue weighted by molar-refractivity contribution is 7.12. The van der Waals surface area contributed by atoms with Crippen molar-refractivity contribution in [3.05, 3.63) is 21.3 Å². The first kappa shape index (κ1) is 17.3. The fourth-order valence-electron chi connectivity index (χ4n) is 4.77. The summed E-state index contributed by atoms with van der Waals surface area (Å²) in [6.07, 6.45) is 3.72. The molecule has 2 bridgehead atoms. The van der Waals surface area contributed by atoms with E-state index in [-0.39, 0.29) is 29.4 Å². The summed E-state index contributed by atoms with van der Waals surface area (Å²) in [6, 6.07) is 1.74. The molecule has 0 saturated carbocycles. The molecule has 0 unspecified atom stereocenters. The zero-order valence-corrected chi connectivity index (χ0v) is 15.9. The molecule has 0 radical (unpaired) electrons. The number of rotatable bonds is 5. The number of thiophene rings is 1. The van der Waals surface area contributed by atoms with Gasteiger partial charge in [-0.25, -0.2) is 0 Å². The molecule has 0 aromatic carbocycles. The van der Waals surface area contributed by atoms with E-state index in [1.165, 1.54) is 11.3 Å². The first-order chi connectivity index (χ1) is 12.0. The van der Waals surface area contributed by atoms with Crippen molar-refractivity contribution in [3.8, 4) is 0 Å². The summed E-state index contributed by atoms with van der Waals surface area (Å²) in [5, 5.41) is 5.36. The van der Waals surface area contributed by atoms with E-state index < -0.39 is 0 Å². The topological polar surface area (TPSA) is 58.6 Å². The Kier molecular flexibility index (Phi) is 4.54. The van der Waals surface area contributed by atoms with Gasteiger partial charge in [0.05, 0.1) is 23.3 Å². The van der Waals surface area contributed by atoms with Crippen molar-refractivity contribution in [2.24, 2.45) is 11.8 Å². The lowest BCUT2D eigenvalue weighted by molar-refractivity contribution is -0.131. The summed E-state index contributed by atoms with van der Waals surface area (Å²) >= 11 is 7.40. The van der Waals surface area contributed by atoms with Crippen LogP contribution < -0.4 is 5.32 Å². The third-order valence-electron chi connectivity index (χ3n) is 5.92. The molecule has 25 heavy (non-hydrogen) atoms. The van der Waals surface area contributed by atoms with Gasteiger partial charge in [-0.2, -0.15) is 0 Å². The summed E-state index contributed by atoms with van der Waals surface area (Å²) in [4.78, 5) is 27.2. The molecule has 1 aromatic rings. The van der Waals surface area contributed by atoms with Crippen LogP contribution in [0.2, 0.25) is 5.02 Å². The molecular formula is C18H23ClN2O3S. The molecule has 3 saturated heterocycles. The number of carbonyl (C=O) groups excluding carboxylic acids is 2. The van der Waals surface area contributed by atoms with Crippen LogP contribution in [-0.2, 0) is 9.53 Å². The monoisotopic (exact) mass is 382 g/mol. The molecule has 3 aliphatic heterocycles. The van der Waals surface area contributed by atoms with Crippen LogP contribution in [0.1, 0.15) is 42.3 Å². The minimum Gasteiger partial charge on any atom is -0.369 e. The van der Waals surface area contributed by atoms with Crippen LogP contribution in [0.3, 0.4) is 0 Å². The molecule has 0 aliphatic carbocycles. The highest BCUT2D eigenvalue weighted by Crippen LogP contribution is 2.54. The van der Waals surface area contributed by atoms with Crippen LogP contribution in [0, 0.1) is 11.8 Å². The van der Waals surface area contributed by atoms with E-state index in [4.69, 9.17) is 16.3 Å². The van der Waals surface area contributed by atoms with Crippen molar-refractivity contribution < 1.29 is 14.3 Å². The maximum absolute atomic E-state index is 12.3. The van der Waals surface area contributed by atoms with Gasteiger partial charge in [0.15, 0.2) is 0 Å². The summed E-state index contributed by atoms with van der Waals surface area (Å²) in [7, 11) is 0. The quantitative estimate of drug-likeness (QED) is 0.851. The molecule has 4 rings (SSSR count). The average Bonchev–Trinajstić information content (AvgIpc) is 3.32. The molecule has 1 aromatic heterocycles. The zero-order valence-electron chi connectivity index (χ0n) is 14.3. The van der Waals surface area contributed by atoms with E-state index in [0.717, 1.165) is 25.8 Å². The van der Waals surface area contributed by atoms with Gasteiger partial charge in [-0.05, 0) is 30.7 Å². The second-order valence-corrected chi connectivity index (χ2v) is 8.69. The molecule has 3 aliphatic rings. The van der Waals surface area contributed by atoms with E-state index in [1.807, 2.05) is 17.2 Å². The Labute approximate surface area is 156 Å². The number of nitrogens with one attached hydrogen (secondary N) is 1. The molecule has 2 amide bonds. The molecule has 3 fully saturated rings. The average molecular weight is 383 g/mol. The minimum atomic E-state index is -0.177. The fourth-order valence-corrected chi connectivity index (χ4v) is 5.83. The van der Waals surface area contributed by atoms with E-state index in [0.29, 0.717) is 35.3 Å². The molecule has 1 spiro atoms. The number of halogens is 1. The van der Waals surface area contributed by atoms with E-state index in [1.54, 1.807) is 6.07 Å². The Morgan fingerprint density at radius 2 is 2.36 bits per heavy atom. The van der Waals surface area contributed by atoms with Gasteiger partial charge >= 0.3 is 0 Å². The van der Waals surface area contributed by atoms with E-state index in [2.05, 4.69) is 5.32 Å². The number of amides is 2. The summed E-state index contributed by atoms with van der Waals surface area (Å²) in [5.74, 6) is 0.710. The van der Waals surface area contributed by atoms with Gasteiger partial charge in [0.2, 0.25) is 5.91 Å². The van der Waals surface area contributed by atoms with Crippen LogP contribution in [0.25, 0.3) is 0 Å². The van der Waals surface area contributed by atoms with Gasteiger partial charge in [-0.3, -0.25) is 9.59 Å². The summed E-state index contributed by atoms with van der Waals surface area (Å²) < 4.78 is 6.33. The van der Waals surface area contributed by atoms with Gasteiger partial charge in [0.1, 0.15) is 4.88 Å². The minimum absolute atomic E-state index is 0.117. The second-order valence-electron chi connectivity index (χ2n) is 7.36. The first-order valence-corrected chi connectivity index (χ1v) is 10.3. The third-order valence-corrected chi connectivity index (χ3v) is 7.26. The third kappa shape index (κ3) is 2.88. The van der Waals surface area contributed by atoms with Crippen molar-refractivity contribution in [1.82, 2.24) is 10.2 Å². The Hall–Kier alpha value is -1.11. The second kappa shape index (κ2) is 6.56. The van der Waals surface area contributed by atoms with Crippen LogP contribution in [0.4, 0.5) is 0 Å². The predicted octanol–water partition coefficient (Wildman–Crippen LogP) is 2.94. The highest BCUT2D eigenvalue weighted by atomic mass is 35.5. The van der Waals surface area contributed by atoms with Gasteiger partial charge in [-0.1, -0.05) is 18.5 Å². The maximum Gasteiger partial charge on any atom is 0.262 e. The van der Waals surface area contributed by atoms with Crippen molar-refractivity contribution in [2.45, 2.75) is 44.3 Å². The van der Waals surface area contributed by atoms with Crippen LogP contribution in [0.5, 0.6) is 0 Å². The number of carbonyl (C=O) groups is 2. The fraction of sp³-hybridized carbons (Fsp3) is 0.667. The normalized spacial score (nSPS) is 32.9. The molecule has 136 valence electrons. The number of likely N-dealkylation sites (tertiary alicyclic amines) is 1. The van der Waals surface area contributed by atoms with Crippen molar-refractivity contribution >= 4 is 34.8 Å². The highest BCUT2D eigenvalue weighted by Gasteiger charge is 2.63. The standard InChI is InChI=1S/C18H23ClN2O3S/c1-2-3-15(22)21-9-12-11(14-4-6-18(12,10-21)24-14)8-20-17(23)16-13(19)5-7-25-16/h5,7,11-12,14H,2-4,6,8-10H2,1H3,(H,20,23)/t11-,12+,14+,18+/m0/s1. The van der Waals surface area contributed by atoms with Gasteiger partial charge in [0, 0.05) is 31.3 Å². The van der Waals surface area contributed by atoms with Gasteiger partial charge in [-0.15, -0.1) is 11.3 Å². The van der Waals surface area contributed by atoms with Crippen LogP contribution in [-0.4, -0.2) is 48.1 Å². The Bertz CT molecular complexity index is 694. The Morgan fingerprint density at radius 3 is 3.08 bits per heavy atom.